The van der Waals surface area contributed by atoms with Crippen LogP contribution >= 0.6 is 0 Å². The van der Waals surface area contributed by atoms with Gasteiger partial charge in [-0.1, -0.05) is 0 Å². The Kier molecular flexibility index (Phi) is 4.58. The van der Waals surface area contributed by atoms with Crippen molar-refractivity contribution < 1.29 is 19.5 Å². The van der Waals surface area contributed by atoms with Gasteiger partial charge in [0.2, 0.25) is 0 Å². The number of anilines is 1. The van der Waals surface area contributed by atoms with Crippen LogP contribution in [0.1, 0.15) is 30.1 Å². The van der Waals surface area contributed by atoms with E-state index in [-0.39, 0.29) is 17.9 Å². The minimum atomic E-state index is -0.785. The number of aryl methyl sites for hydroxylation is 1. The summed E-state index contributed by atoms with van der Waals surface area (Å²) >= 11 is 0. The van der Waals surface area contributed by atoms with Crippen LogP contribution in [-0.2, 0) is 16.2 Å². The zero-order valence-electron chi connectivity index (χ0n) is 14.4. The number of hydrogen-bond donors (Lipinski definition) is 2. The molecule has 9 nitrogen and oxygen atoms in total. The third-order valence-corrected chi connectivity index (χ3v) is 4.59. The Hall–Kier alpha value is -2.68. The maximum Gasteiger partial charge on any atom is 0.306 e. The summed E-state index contributed by atoms with van der Waals surface area (Å²) in [5.74, 6) is -1.46. The molecule has 0 radical (unpaired) electrons. The Balaban J connectivity index is 1.98. The molecule has 0 saturated heterocycles. The zero-order valence-corrected chi connectivity index (χ0v) is 14.4. The first kappa shape index (κ1) is 17.2. The minimum Gasteiger partial charge on any atom is -0.481 e. The molecule has 2 N–H and O–H groups in total. The van der Waals surface area contributed by atoms with Gasteiger partial charge in [0.05, 0.1) is 35.9 Å². The number of nitrogens with one attached hydrogen (secondary N) is 1. The van der Waals surface area contributed by atoms with Gasteiger partial charge in [-0.15, -0.1) is 0 Å². The number of carbonyl (C=O) groups excluding carboxylic acids is 1. The van der Waals surface area contributed by atoms with Crippen LogP contribution in [0.3, 0.4) is 0 Å². The number of rotatable bonds is 6. The van der Waals surface area contributed by atoms with Gasteiger partial charge in [-0.2, -0.15) is 5.10 Å². The second-order valence-corrected chi connectivity index (χ2v) is 6.08. The number of fused-ring (bicyclic) bond motifs is 1. The molecule has 2 heterocycles. The lowest BCUT2D eigenvalue weighted by atomic mass is 9.80. The van der Waals surface area contributed by atoms with Crippen LogP contribution in [0, 0.1) is 5.92 Å². The molecule has 2 aromatic rings. The molecule has 9 heteroatoms. The fourth-order valence-corrected chi connectivity index (χ4v) is 2.97. The summed E-state index contributed by atoms with van der Waals surface area (Å²) in [6.07, 6.45) is 4.22. The summed E-state index contributed by atoms with van der Waals surface area (Å²) in [5.41, 5.74) is 1.66. The van der Waals surface area contributed by atoms with Crippen molar-refractivity contribution in [1.29, 1.82) is 0 Å². The summed E-state index contributed by atoms with van der Waals surface area (Å²) in [5, 5.41) is 18.5. The number of nitrogens with zero attached hydrogens (tertiary/aromatic N) is 4. The summed E-state index contributed by atoms with van der Waals surface area (Å²) in [6.45, 7) is 2.62. The average molecular weight is 347 g/mol. The first-order chi connectivity index (χ1) is 12.0. The van der Waals surface area contributed by atoms with Crippen LogP contribution in [0.2, 0.25) is 0 Å². The first-order valence-corrected chi connectivity index (χ1v) is 8.12. The van der Waals surface area contributed by atoms with Gasteiger partial charge in [-0.3, -0.25) is 14.4 Å². The third kappa shape index (κ3) is 3.02. The van der Waals surface area contributed by atoms with Gasteiger partial charge in [0.15, 0.2) is 5.65 Å². The summed E-state index contributed by atoms with van der Waals surface area (Å²) in [6, 6.07) is -0.00363. The van der Waals surface area contributed by atoms with Gasteiger partial charge in [0.25, 0.3) is 5.91 Å². The van der Waals surface area contributed by atoms with E-state index in [1.807, 2.05) is 6.92 Å². The highest BCUT2D eigenvalue weighted by Gasteiger charge is 2.35. The van der Waals surface area contributed by atoms with Crippen LogP contribution < -0.4 is 5.32 Å². The average Bonchev–Trinajstić information content (AvgIpc) is 2.99. The molecule has 1 aliphatic rings. The summed E-state index contributed by atoms with van der Waals surface area (Å²) in [7, 11) is 2.94. The number of carbonyl (C=O) groups is 2. The second kappa shape index (κ2) is 6.67. The monoisotopic (exact) mass is 347 g/mol. The molecule has 134 valence electrons. The molecule has 25 heavy (non-hydrogen) atoms. The molecule has 2 aromatic heterocycles. The van der Waals surface area contributed by atoms with E-state index in [1.54, 1.807) is 10.9 Å². The number of carboxylic acid groups (broad SMARTS) is 1. The smallest absolute Gasteiger partial charge is 0.306 e. The number of aromatic nitrogens is 3. The number of amides is 1. The predicted octanol–water partition coefficient (Wildman–Crippen LogP) is 1.36. The topological polar surface area (TPSA) is 110 Å². The normalized spacial score (nSPS) is 19.5. The fraction of sp³-hybridized carbons (Fsp3) is 0.500. The highest BCUT2D eigenvalue weighted by atomic mass is 16.7. The van der Waals surface area contributed by atoms with E-state index >= 15 is 0 Å². The van der Waals surface area contributed by atoms with Crippen LogP contribution in [0.4, 0.5) is 5.69 Å². The Morgan fingerprint density at radius 1 is 1.44 bits per heavy atom. The maximum absolute atomic E-state index is 12.6. The molecule has 0 aromatic carbocycles. The largest absolute Gasteiger partial charge is 0.481 e. The quantitative estimate of drug-likeness (QED) is 0.759. The van der Waals surface area contributed by atoms with Crippen LogP contribution in [0.15, 0.2) is 12.4 Å². The molecule has 1 amide bonds. The van der Waals surface area contributed by atoms with Crippen LogP contribution in [0.25, 0.3) is 11.0 Å². The first-order valence-electron chi connectivity index (χ1n) is 8.12. The number of carboxylic acids is 1. The van der Waals surface area contributed by atoms with Crippen molar-refractivity contribution in [2.24, 2.45) is 5.92 Å². The molecule has 0 bridgehead atoms. The van der Waals surface area contributed by atoms with Gasteiger partial charge in [0.1, 0.15) is 0 Å². The van der Waals surface area contributed by atoms with Crippen molar-refractivity contribution in [1.82, 2.24) is 19.8 Å². The van der Waals surface area contributed by atoms with Crippen molar-refractivity contribution in [3.63, 3.8) is 0 Å². The zero-order chi connectivity index (χ0) is 18.1. The molecule has 0 spiro atoms. The van der Waals surface area contributed by atoms with Gasteiger partial charge >= 0.3 is 5.97 Å². The van der Waals surface area contributed by atoms with Gasteiger partial charge < -0.3 is 10.4 Å². The van der Waals surface area contributed by atoms with Crippen LogP contribution in [0.5, 0.6) is 0 Å². The van der Waals surface area contributed by atoms with Gasteiger partial charge in [-0.05, 0) is 19.8 Å². The lowest BCUT2D eigenvalue weighted by Gasteiger charge is -2.34. The van der Waals surface area contributed by atoms with Gasteiger partial charge in [-0.25, -0.2) is 14.7 Å². The fourth-order valence-electron chi connectivity index (χ4n) is 2.97. The maximum atomic E-state index is 12.6. The molecular weight excluding hydrogens is 326 g/mol. The Morgan fingerprint density at radius 2 is 2.16 bits per heavy atom. The summed E-state index contributed by atoms with van der Waals surface area (Å²) < 4.78 is 1.75. The van der Waals surface area contributed by atoms with Gasteiger partial charge in [0, 0.05) is 25.8 Å². The van der Waals surface area contributed by atoms with Crippen molar-refractivity contribution in [2.75, 3.05) is 19.5 Å². The Labute approximate surface area is 144 Å². The highest BCUT2D eigenvalue weighted by molar-refractivity contribution is 6.06. The number of pyridine rings is 1. The van der Waals surface area contributed by atoms with Crippen molar-refractivity contribution >= 4 is 28.6 Å². The summed E-state index contributed by atoms with van der Waals surface area (Å²) in [4.78, 5) is 32.9. The van der Waals surface area contributed by atoms with E-state index < -0.39 is 5.97 Å². The lowest BCUT2D eigenvalue weighted by Crippen LogP contribution is -2.40. The van der Waals surface area contributed by atoms with Crippen molar-refractivity contribution in [3.8, 4) is 0 Å². The van der Waals surface area contributed by atoms with E-state index in [2.05, 4.69) is 15.4 Å². The molecule has 0 atom stereocenters. The molecule has 1 aliphatic carbocycles. The number of hydroxylamine groups is 2. The predicted molar refractivity (Wildman–Crippen MR) is 90.1 cm³/mol. The molecule has 3 rings (SSSR count). The molecule has 0 unspecified atom stereocenters. The number of aliphatic carboxylic acids is 1. The third-order valence-electron chi connectivity index (χ3n) is 4.59. The number of hydrogen-bond acceptors (Lipinski definition) is 6. The van der Waals surface area contributed by atoms with E-state index in [1.165, 1.54) is 20.4 Å². The van der Waals surface area contributed by atoms with E-state index in [4.69, 9.17) is 9.94 Å². The Bertz CT molecular complexity index is 812. The van der Waals surface area contributed by atoms with E-state index in [9.17, 15) is 9.59 Å². The van der Waals surface area contributed by atoms with Crippen LogP contribution in [-0.4, -0.2) is 57.0 Å². The van der Waals surface area contributed by atoms with Crippen molar-refractivity contribution in [3.05, 3.63) is 18.0 Å². The van der Waals surface area contributed by atoms with E-state index in [0.717, 1.165) is 10.4 Å². The molecular formula is C16H21N5O4. The standard InChI is InChI=1S/C16H21N5O4/c1-4-21-14-11(8-18-21)13(19-10-5-9(6-10)16(23)24)12(7-17-14)15(22)20(2)25-3/h7-10H,4-6H2,1-3H3,(H,17,19)(H,23,24). The van der Waals surface area contributed by atoms with E-state index in [0.29, 0.717) is 36.3 Å². The SMILES string of the molecule is CCn1ncc2c(NC3CC(C(=O)O)C3)c(C(=O)N(C)OC)cnc21. The Morgan fingerprint density at radius 3 is 2.76 bits per heavy atom. The minimum absolute atomic E-state index is 0.00363. The highest BCUT2D eigenvalue weighted by Crippen LogP contribution is 2.34. The lowest BCUT2D eigenvalue weighted by molar-refractivity contribution is -0.144. The molecule has 1 saturated carbocycles. The molecule has 0 aliphatic heterocycles. The molecule has 1 fully saturated rings. The second-order valence-electron chi connectivity index (χ2n) is 6.08. The van der Waals surface area contributed by atoms with Crippen molar-refractivity contribution in [2.45, 2.75) is 32.4 Å².